The molecule has 10 heteroatoms. The fourth-order valence-corrected chi connectivity index (χ4v) is 4.70. The number of anilines is 1. The van der Waals surface area contributed by atoms with Crippen molar-refractivity contribution in [3.8, 4) is 11.9 Å². The van der Waals surface area contributed by atoms with E-state index in [2.05, 4.69) is 27.8 Å². The van der Waals surface area contributed by atoms with Gasteiger partial charge in [0.05, 0.1) is 11.7 Å². The summed E-state index contributed by atoms with van der Waals surface area (Å²) in [4.78, 5) is 32.8. The topological polar surface area (TPSA) is 157 Å². The lowest BCUT2D eigenvalue weighted by Gasteiger charge is -2.35. The number of aryl methyl sites for hydroxylation is 3. The molecule has 1 aliphatic carbocycles. The molecule has 0 radical (unpaired) electrons. The minimum absolute atomic E-state index is 0.0864. The number of carbonyl (C=O) groups excluding carboxylic acids is 1. The summed E-state index contributed by atoms with van der Waals surface area (Å²) in [6.45, 7) is 2.73. The Balaban J connectivity index is 1.19. The van der Waals surface area contributed by atoms with Crippen molar-refractivity contribution in [1.29, 1.82) is 5.26 Å². The first-order valence-electron chi connectivity index (χ1n) is 12.3. The lowest BCUT2D eigenvalue weighted by atomic mass is 9.79. The summed E-state index contributed by atoms with van der Waals surface area (Å²) in [6, 6.07) is 6.19. The molecular weight excluding hydrogens is 462 g/mol. The van der Waals surface area contributed by atoms with Crippen molar-refractivity contribution < 1.29 is 24.5 Å². The Kier molecular flexibility index (Phi) is 8.00. The first-order chi connectivity index (χ1) is 17.3. The monoisotopic (exact) mass is 493 g/mol. The summed E-state index contributed by atoms with van der Waals surface area (Å²) in [7, 11) is 0. The van der Waals surface area contributed by atoms with E-state index in [1.807, 2.05) is 0 Å². The summed E-state index contributed by atoms with van der Waals surface area (Å²) >= 11 is 0. The third-order valence-corrected chi connectivity index (χ3v) is 6.80. The Hall–Kier alpha value is -3.71. The van der Waals surface area contributed by atoms with Gasteiger partial charge in [0, 0.05) is 31.0 Å². The molecule has 2 aromatic heterocycles. The van der Waals surface area contributed by atoms with Crippen molar-refractivity contribution in [2.45, 2.75) is 64.0 Å². The van der Waals surface area contributed by atoms with Crippen LogP contribution >= 0.6 is 0 Å². The molecule has 3 heterocycles. The molecule has 1 aliphatic heterocycles. The number of amides is 1. The Morgan fingerprint density at radius 3 is 2.89 bits per heavy atom. The van der Waals surface area contributed by atoms with Crippen LogP contribution in [0, 0.1) is 24.2 Å². The van der Waals surface area contributed by atoms with Crippen molar-refractivity contribution in [2.75, 3.05) is 18.5 Å². The first-order valence-corrected chi connectivity index (χ1v) is 12.3. The Morgan fingerprint density at radius 1 is 1.33 bits per heavy atom. The van der Waals surface area contributed by atoms with E-state index in [1.165, 1.54) is 11.6 Å². The molecule has 1 amide bonds. The lowest BCUT2D eigenvalue weighted by molar-refractivity contribution is -0.140. The molecule has 1 atom stereocenters. The van der Waals surface area contributed by atoms with Gasteiger partial charge in [-0.1, -0.05) is 6.07 Å². The van der Waals surface area contributed by atoms with Gasteiger partial charge < -0.3 is 25.6 Å². The Morgan fingerprint density at radius 2 is 2.14 bits per heavy atom. The average Bonchev–Trinajstić information content (AvgIpc) is 2.83. The van der Waals surface area contributed by atoms with Gasteiger partial charge in [0.25, 0.3) is 5.91 Å². The number of aromatic nitrogens is 2. The number of carboxylic acids is 1. The predicted molar refractivity (Wildman–Crippen MR) is 131 cm³/mol. The number of aromatic hydroxyl groups is 1. The summed E-state index contributed by atoms with van der Waals surface area (Å²) < 4.78 is 5.84. The van der Waals surface area contributed by atoms with Gasteiger partial charge in [-0.3, -0.25) is 4.79 Å². The van der Waals surface area contributed by atoms with Crippen LogP contribution in [-0.4, -0.2) is 57.4 Å². The van der Waals surface area contributed by atoms with E-state index in [0.29, 0.717) is 11.6 Å². The van der Waals surface area contributed by atoms with Crippen LogP contribution in [-0.2, 0) is 22.4 Å². The number of hydrogen-bond acceptors (Lipinski definition) is 8. The van der Waals surface area contributed by atoms with Crippen LogP contribution in [0.25, 0.3) is 0 Å². The average molecular weight is 494 g/mol. The highest BCUT2D eigenvalue weighted by atomic mass is 16.5. The molecule has 0 spiro atoms. The maximum Gasteiger partial charge on any atom is 0.326 e. The van der Waals surface area contributed by atoms with E-state index < -0.39 is 23.8 Å². The highest BCUT2D eigenvalue weighted by molar-refractivity contribution is 5.99. The van der Waals surface area contributed by atoms with E-state index in [1.54, 1.807) is 13.0 Å². The minimum atomic E-state index is -1.20. The third-order valence-electron chi connectivity index (χ3n) is 6.80. The molecule has 1 saturated carbocycles. The van der Waals surface area contributed by atoms with Crippen LogP contribution in [0.15, 0.2) is 18.2 Å². The zero-order chi connectivity index (χ0) is 25.7. The van der Waals surface area contributed by atoms with Crippen LogP contribution in [0.4, 0.5) is 5.82 Å². The van der Waals surface area contributed by atoms with Gasteiger partial charge in [0.15, 0.2) is 0 Å². The van der Waals surface area contributed by atoms with E-state index >= 15 is 0 Å². The standard InChI is InChI=1S/C26H31N5O5/c1-15-11-20(21(14-27)25(33)29-15)24(32)31-22(26(34)35)8-10-36-19-12-16(13-19)4-6-18-7-5-17-3-2-9-28-23(17)30-18/h5,7,11,16,19,22H,2-4,6,8-10,12-13H2,1H3,(H,28,30)(H,29,33)(H,31,32)(H,34,35)/t16-,19+,22-/m0/s1. The molecule has 1 fully saturated rings. The molecule has 190 valence electrons. The quantitative estimate of drug-likeness (QED) is 0.390. The number of carbonyl (C=O) groups is 2. The molecule has 0 aromatic carbocycles. The van der Waals surface area contributed by atoms with E-state index in [9.17, 15) is 25.1 Å². The number of carboxylic acid groups (broad SMARTS) is 1. The number of fused-ring (bicyclic) bond motifs is 1. The van der Waals surface area contributed by atoms with Crippen molar-refractivity contribution in [3.05, 3.63) is 46.3 Å². The fourth-order valence-electron chi connectivity index (χ4n) is 4.70. The molecule has 4 rings (SSSR count). The molecular formula is C26H31N5O5. The van der Waals surface area contributed by atoms with E-state index in [0.717, 1.165) is 56.6 Å². The summed E-state index contributed by atoms with van der Waals surface area (Å²) in [6.07, 6.45) is 6.22. The van der Waals surface area contributed by atoms with Gasteiger partial charge in [0.1, 0.15) is 23.5 Å². The number of aliphatic carboxylic acids is 1. The highest BCUT2D eigenvalue weighted by Crippen LogP contribution is 2.34. The third kappa shape index (κ3) is 6.10. The number of pyridine rings is 2. The van der Waals surface area contributed by atoms with Gasteiger partial charge in [-0.2, -0.15) is 5.26 Å². The molecule has 10 nitrogen and oxygen atoms in total. The van der Waals surface area contributed by atoms with Crippen LogP contribution in [0.5, 0.6) is 5.88 Å². The van der Waals surface area contributed by atoms with Crippen LogP contribution in [0.2, 0.25) is 0 Å². The SMILES string of the molecule is Cc1cc(C(=O)N[C@@H](CCO[C@H]2C[C@@H](CCc3ccc4c(n3)NCCC4)C2)C(=O)O)c(C#N)c(O)n1. The second kappa shape index (κ2) is 11.4. The fraction of sp³-hybridized carbons (Fsp3) is 0.500. The largest absolute Gasteiger partial charge is 0.492 e. The number of nitrogens with one attached hydrogen (secondary N) is 2. The number of nitrogens with zero attached hydrogens (tertiary/aromatic N) is 3. The maximum atomic E-state index is 12.6. The second-order valence-corrected chi connectivity index (χ2v) is 9.48. The predicted octanol–water partition coefficient (Wildman–Crippen LogP) is 2.72. The van der Waals surface area contributed by atoms with Crippen molar-refractivity contribution in [1.82, 2.24) is 15.3 Å². The van der Waals surface area contributed by atoms with Gasteiger partial charge in [-0.05, 0) is 69.1 Å². The number of rotatable bonds is 10. The van der Waals surface area contributed by atoms with Crippen molar-refractivity contribution >= 4 is 17.7 Å². The van der Waals surface area contributed by atoms with Gasteiger partial charge in [-0.15, -0.1) is 0 Å². The van der Waals surface area contributed by atoms with Gasteiger partial charge in [0.2, 0.25) is 5.88 Å². The van der Waals surface area contributed by atoms with Crippen molar-refractivity contribution in [2.24, 2.45) is 5.92 Å². The molecule has 2 aliphatic rings. The molecule has 2 aromatic rings. The summed E-state index contributed by atoms with van der Waals surface area (Å²) in [5.74, 6) is -0.930. The van der Waals surface area contributed by atoms with Crippen LogP contribution < -0.4 is 10.6 Å². The van der Waals surface area contributed by atoms with Crippen molar-refractivity contribution in [3.63, 3.8) is 0 Å². The first kappa shape index (κ1) is 25.4. The number of ether oxygens (including phenoxy) is 1. The number of nitriles is 1. The summed E-state index contributed by atoms with van der Waals surface area (Å²) in [5.41, 5.74) is 2.33. The Labute approximate surface area is 209 Å². The Bertz CT molecular complexity index is 1170. The lowest BCUT2D eigenvalue weighted by Crippen LogP contribution is -2.42. The van der Waals surface area contributed by atoms with Gasteiger partial charge in [-0.25, -0.2) is 14.8 Å². The van der Waals surface area contributed by atoms with Gasteiger partial charge >= 0.3 is 5.97 Å². The molecule has 36 heavy (non-hydrogen) atoms. The minimum Gasteiger partial charge on any atom is -0.492 e. The van der Waals surface area contributed by atoms with Crippen LogP contribution in [0.3, 0.4) is 0 Å². The molecule has 4 N–H and O–H groups in total. The highest BCUT2D eigenvalue weighted by Gasteiger charge is 2.30. The van der Waals surface area contributed by atoms with E-state index in [4.69, 9.17) is 9.72 Å². The maximum absolute atomic E-state index is 12.6. The smallest absolute Gasteiger partial charge is 0.326 e. The normalized spacial score (nSPS) is 19.2. The molecule has 0 unspecified atom stereocenters. The zero-order valence-electron chi connectivity index (χ0n) is 20.3. The zero-order valence-corrected chi connectivity index (χ0v) is 20.3. The number of hydrogen-bond donors (Lipinski definition) is 4. The second-order valence-electron chi connectivity index (χ2n) is 9.48. The van der Waals surface area contributed by atoms with Crippen LogP contribution in [0.1, 0.15) is 65.0 Å². The molecule has 0 saturated heterocycles. The van der Waals surface area contributed by atoms with E-state index in [-0.39, 0.29) is 30.3 Å². The summed E-state index contributed by atoms with van der Waals surface area (Å²) in [5, 5.41) is 34.4. The molecule has 0 bridgehead atoms.